The van der Waals surface area contributed by atoms with Crippen LogP contribution in [0.15, 0.2) is 72.8 Å². The highest BCUT2D eigenvalue weighted by Crippen LogP contribution is 2.38. The molecule has 200 valence electrons. The lowest BCUT2D eigenvalue weighted by molar-refractivity contribution is 0.102. The van der Waals surface area contributed by atoms with Gasteiger partial charge in [0.1, 0.15) is 11.5 Å². The molecule has 1 heterocycles. The number of aromatic hydroxyl groups is 1. The van der Waals surface area contributed by atoms with Gasteiger partial charge in [-0.05, 0) is 73.4 Å². The summed E-state index contributed by atoms with van der Waals surface area (Å²) in [6.45, 7) is 2.22. The number of nitrogens with zero attached hydrogens (tertiary/aromatic N) is 2. The van der Waals surface area contributed by atoms with Gasteiger partial charge in [0.05, 0.1) is 18.5 Å². The fourth-order valence-electron chi connectivity index (χ4n) is 5.04. The second kappa shape index (κ2) is 11.4. The van der Waals surface area contributed by atoms with E-state index < -0.39 is 0 Å². The van der Waals surface area contributed by atoms with E-state index in [1.54, 1.807) is 25.3 Å². The number of benzene rings is 3. The lowest BCUT2D eigenvalue weighted by Crippen LogP contribution is -2.30. The van der Waals surface area contributed by atoms with Gasteiger partial charge in [0.25, 0.3) is 5.91 Å². The topological polar surface area (TPSA) is 105 Å². The molecule has 3 aromatic carbocycles. The van der Waals surface area contributed by atoms with Crippen molar-refractivity contribution in [1.29, 1.82) is 0 Å². The highest BCUT2D eigenvalue weighted by molar-refractivity contribution is 6.05. The maximum Gasteiger partial charge on any atom is 0.342 e. The van der Waals surface area contributed by atoms with E-state index in [0.717, 1.165) is 48.3 Å². The van der Waals surface area contributed by atoms with E-state index in [4.69, 9.17) is 4.74 Å². The Balaban J connectivity index is 1.41. The van der Waals surface area contributed by atoms with Gasteiger partial charge >= 0.3 is 6.03 Å². The van der Waals surface area contributed by atoms with Crippen molar-refractivity contribution in [2.24, 2.45) is 0 Å². The molecule has 0 atom stereocenters. The van der Waals surface area contributed by atoms with Crippen LogP contribution in [0.4, 0.5) is 10.5 Å². The van der Waals surface area contributed by atoms with Crippen LogP contribution < -0.4 is 15.4 Å². The van der Waals surface area contributed by atoms with Crippen LogP contribution >= 0.6 is 0 Å². The van der Waals surface area contributed by atoms with Gasteiger partial charge in [-0.25, -0.2) is 4.79 Å². The Kier molecular flexibility index (Phi) is 7.63. The molecule has 1 aliphatic rings. The smallest absolute Gasteiger partial charge is 0.342 e. The highest BCUT2D eigenvalue weighted by atomic mass is 16.5. The van der Waals surface area contributed by atoms with E-state index in [1.807, 2.05) is 55.5 Å². The Bertz CT molecular complexity index is 1490. The van der Waals surface area contributed by atoms with Crippen molar-refractivity contribution in [3.8, 4) is 22.8 Å². The number of ether oxygens (including phenoxy) is 1. The van der Waals surface area contributed by atoms with Crippen LogP contribution in [0.2, 0.25) is 0 Å². The predicted molar refractivity (Wildman–Crippen MR) is 150 cm³/mol. The summed E-state index contributed by atoms with van der Waals surface area (Å²) >= 11 is 0. The zero-order valence-corrected chi connectivity index (χ0v) is 22.1. The monoisotopic (exact) mass is 524 g/mol. The molecule has 1 aliphatic carbocycles. The molecular formula is C31H32N4O4. The molecule has 0 saturated heterocycles. The summed E-state index contributed by atoms with van der Waals surface area (Å²) < 4.78 is 6.63. The molecule has 5 rings (SSSR count). The molecule has 39 heavy (non-hydrogen) atoms. The van der Waals surface area contributed by atoms with Gasteiger partial charge in [0.15, 0.2) is 0 Å². The van der Waals surface area contributed by atoms with Gasteiger partial charge in [-0.2, -0.15) is 9.78 Å². The van der Waals surface area contributed by atoms with E-state index in [-0.39, 0.29) is 23.6 Å². The number of rotatable bonds is 7. The SMILES string of the molecule is COc1ccc(CNC(=O)n2nc(-c3cc(NC(=O)c4ccccc4C)ccc3O)cc2C2CCCC2)cc1. The first kappa shape index (κ1) is 26.0. The molecule has 4 aromatic rings. The molecule has 8 heteroatoms. The van der Waals surface area contributed by atoms with Crippen molar-refractivity contribution in [3.05, 3.63) is 95.2 Å². The van der Waals surface area contributed by atoms with E-state index in [1.165, 1.54) is 10.7 Å². The number of aryl methyl sites for hydroxylation is 1. The third kappa shape index (κ3) is 5.80. The first-order valence-corrected chi connectivity index (χ1v) is 13.1. The fraction of sp³-hybridized carbons (Fsp3) is 0.258. The normalized spacial score (nSPS) is 13.3. The van der Waals surface area contributed by atoms with Crippen LogP contribution in [0.3, 0.4) is 0 Å². The van der Waals surface area contributed by atoms with Crippen LogP contribution in [0.25, 0.3) is 11.3 Å². The van der Waals surface area contributed by atoms with Gasteiger partial charge in [0.2, 0.25) is 0 Å². The maximum atomic E-state index is 13.3. The number of methoxy groups -OCH3 is 1. The molecule has 0 bridgehead atoms. The molecule has 3 N–H and O–H groups in total. The summed E-state index contributed by atoms with van der Waals surface area (Å²) in [5.41, 5.74) is 4.65. The lowest BCUT2D eigenvalue weighted by atomic mass is 10.0. The number of carbonyl (C=O) groups excluding carboxylic acids is 2. The lowest BCUT2D eigenvalue weighted by Gasteiger charge is -2.12. The largest absolute Gasteiger partial charge is 0.507 e. The fourth-order valence-corrected chi connectivity index (χ4v) is 5.04. The molecule has 0 unspecified atom stereocenters. The van der Waals surface area contributed by atoms with E-state index in [9.17, 15) is 14.7 Å². The minimum atomic E-state index is -0.331. The molecule has 0 spiro atoms. The number of nitrogens with one attached hydrogen (secondary N) is 2. The van der Waals surface area contributed by atoms with Crippen LogP contribution in [0.5, 0.6) is 11.5 Å². The van der Waals surface area contributed by atoms with Crippen molar-refractivity contribution in [3.63, 3.8) is 0 Å². The minimum Gasteiger partial charge on any atom is -0.507 e. The second-order valence-corrected chi connectivity index (χ2v) is 9.86. The van der Waals surface area contributed by atoms with Gasteiger partial charge in [-0.3, -0.25) is 4.79 Å². The average Bonchev–Trinajstić information content (AvgIpc) is 3.64. The Labute approximate surface area is 227 Å². The average molecular weight is 525 g/mol. The number of anilines is 1. The molecule has 1 aromatic heterocycles. The number of hydrogen-bond acceptors (Lipinski definition) is 5. The first-order valence-electron chi connectivity index (χ1n) is 13.1. The van der Waals surface area contributed by atoms with E-state index >= 15 is 0 Å². The molecule has 2 amide bonds. The molecular weight excluding hydrogens is 492 g/mol. The van der Waals surface area contributed by atoms with Crippen LogP contribution in [-0.2, 0) is 6.54 Å². The van der Waals surface area contributed by atoms with Crippen molar-refractivity contribution < 1.29 is 19.4 Å². The third-order valence-corrected chi connectivity index (χ3v) is 7.23. The quantitative estimate of drug-likeness (QED) is 0.248. The van der Waals surface area contributed by atoms with Crippen LogP contribution in [0, 0.1) is 6.92 Å². The summed E-state index contributed by atoms with van der Waals surface area (Å²) in [5.74, 6) is 0.747. The van der Waals surface area contributed by atoms with Crippen LogP contribution in [0.1, 0.15) is 58.8 Å². The standard InChI is InChI=1S/C31H32N4O4/c1-20-7-3-6-10-25(20)30(37)33-23-13-16-29(36)26(17-23)27-18-28(22-8-4-5-9-22)35(34-27)31(38)32-19-21-11-14-24(39-2)15-12-21/h3,6-7,10-18,22,36H,4-5,8-9,19H2,1-2H3,(H,32,38)(H,33,37). The predicted octanol–water partition coefficient (Wildman–Crippen LogP) is 6.24. The molecule has 1 saturated carbocycles. The van der Waals surface area contributed by atoms with Gasteiger partial charge in [-0.1, -0.05) is 43.2 Å². The first-order chi connectivity index (χ1) is 18.9. The van der Waals surface area contributed by atoms with Crippen molar-refractivity contribution in [2.75, 3.05) is 12.4 Å². The Morgan fingerprint density at radius 3 is 2.49 bits per heavy atom. The number of phenolic OH excluding ortho intramolecular Hbond substituents is 1. The number of phenols is 1. The molecule has 0 aliphatic heterocycles. The molecule has 0 radical (unpaired) electrons. The Morgan fingerprint density at radius 1 is 1.03 bits per heavy atom. The zero-order chi connectivity index (χ0) is 27.4. The van der Waals surface area contributed by atoms with Gasteiger partial charge in [-0.15, -0.1) is 0 Å². The van der Waals surface area contributed by atoms with E-state index in [2.05, 4.69) is 15.7 Å². The van der Waals surface area contributed by atoms with Crippen molar-refractivity contribution >= 4 is 17.6 Å². The van der Waals surface area contributed by atoms with Crippen molar-refractivity contribution in [1.82, 2.24) is 15.1 Å². The summed E-state index contributed by atoms with van der Waals surface area (Å²) in [5, 5.41) is 21.2. The number of aromatic nitrogens is 2. The molecule has 1 fully saturated rings. The zero-order valence-electron chi connectivity index (χ0n) is 22.1. The summed E-state index contributed by atoms with van der Waals surface area (Å²) in [4.78, 5) is 26.2. The van der Waals surface area contributed by atoms with E-state index in [0.29, 0.717) is 29.1 Å². The van der Waals surface area contributed by atoms with Crippen molar-refractivity contribution in [2.45, 2.75) is 45.1 Å². The highest BCUT2D eigenvalue weighted by Gasteiger charge is 2.26. The van der Waals surface area contributed by atoms with Gasteiger partial charge in [0, 0.05) is 29.3 Å². The number of hydrogen-bond donors (Lipinski definition) is 3. The third-order valence-electron chi connectivity index (χ3n) is 7.23. The summed E-state index contributed by atoms with van der Waals surface area (Å²) in [6, 6.07) is 21.3. The number of amides is 2. The Hall–Kier alpha value is -4.59. The maximum absolute atomic E-state index is 13.3. The molecule has 8 nitrogen and oxygen atoms in total. The second-order valence-electron chi connectivity index (χ2n) is 9.86. The Morgan fingerprint density at radius 2 is 1.77 bits per heavy atom. The number of carbonyl (C=O) groups is 2. The van der Waals surface area contributed by atoms with Crippen LogP contribution in [-0.4, -0.2) is 33.9 Å². The summed E-state index contributed by atoms with van der Waals surface area (Å²) in [6.07, 6.45) is 4.17. The minimum absolute atomic E-state index is 0.0187. The van der Waals surface area contributed by atoms with Gasteiger partial charge < -0.3 is 20.5 Å². The summed E-state index contributed by atoms with van der Waals surface area (Å²) in [7, 11) is 1.61.